The number of aromatic nitrogens is 4. The van der Waals surface area contributed by atoms with Crippen molar-refractivity contribution in [3.05, 3.63) is 16.8 Å². The van der Waals surface area contributed by atoms with Crippen molar-refractivity contribution < 1.29 is 9.21 Å². The Bertz CT molecular complexity index is 631. The van der Waals surface area contributed by atoms with Crippen LogP contribution >= 0.6 is 15.9 Å². The van der Waals surface area contributed by atoms with Crippen molar-refractivity contribution in [3.63, 3.8) is 0 Å². The van der Waals surface area contributed by atoms with Gasteiger partial charge in [0.1, 0.15) is 6.54 Å². The molecular weight excluding hydrogens is 350 g/mol. The first-order valence-electron chi connectivity index (χ1n) is 7.53. The van der Waals surface area contributed by atoms with Gasteiger partial charge in [-0.25, -0.2) is 0 Å². The van der Waals surface area contributed by atoms with Gasteiger partial charge in [-0.2, -0.15) is 4.80 Å². The van der Waals surface area contributed by atoms with Gasteiger partial charge in [-0.05, 0) is 46.1 Å². The molecule has 1 amide bonds. The Hall–Kier alpha value is -1.70. The number of carbonyl (C=O) groups excluding carboxylic acids is 1. The van der Waals surface area contributed by atoms with Crippen LogP contribution in [0.3, 0.4) is 0 Å². The maximum Gasteiger partial charge on any atom is 0.243 e. The Balaban J connectivity index is 1.56. The largest absolute Gasteiger partial charge is 0.446 e. The molecule has 0 radical (unpaired) electrons. The number of hydrogen-bond donors (Lipinski definition) is 1. The van der Waals surface area contributed by atoms with E-state index < -0.39 is 0 Å². The number of tetrazole rings is 1. The Kier molecular flexibility index (Phi) is 4.87. The summed E-state index contributed by atoms with van der Waals surface area (Å²) in [6.07, 6.45) is 7.01. The number of nitrogens with one attached hydrogen (secondary N) is 1. The molecular formula is C14H18BrN5O2. The third kappa shape index (κ3) is 3.94. The standard InChI is InChI=1S/C14H18BrN5O2/c15-12-8-7-11(22-12)14-17-19-20(18-14)9-13(21)16-10-5-3-1-2-4-6-10/h7-8,10H,1-6,9H2,(H,16,21). The Labute approximate surface area is 136 Å². The third-order valence-electron chi connectivity index (χ3n) is 3.75. The molecule has 2 aromatic rings. The molecule has 8 heteroatoms. The Morgan fingerprint density at radius 3 is 2.77 bits per heavy atom. The lowest BCUT2D eigenvalue weighted by atomic mass is 10.1. The molecule has 1 aliphatic carbocycles. The zero-order valence-corrected chi connectivity index (χ0v) is 13.8. The van der Waals surface area contributed by atoms with Gasteiger partial charge < -0.3 is 9.73 Å². The Morgan fingerprint density at radius 2 is 2.09 bits per heavy atom. The number of rotatable bonds is 4. The molecule has 3 rings (SSSR count). The second kappa shape index (κ2) is 7.04. The van der Waals surface area contributed by atoms with E-state index in [1.54, 1.807) is 12.1 Å². The van der Waals surface area contributed by atoms with Crippen molar-refractivity contribution in [1.29, 1.82) is 0 Å². The van der Waals surface area contributed by atoms with Gasteiger partial charge in [-0.3, -0.25) is 4.79 Å². The van der Waals surface area contributed by atoms with Crippen LogP contribution in [0.1, 0.15) is 38.5 Å². The molecule has 0 spiro atoms. The van der Waals surface area contributed by atoms with Gasteiger partial charge in [-0.15, -0.1) is 10.2 Å². The van der Waals surface area contributed by atoms with E-state index in [-0.39, 0.29) is 18.5 Å². The molecule has 0 atom stereocenters. The molecule has 0 bridgehead atoms. The fourth-order valence-corrected chi connectivity index (χ4v) is 2.98. The summed E-state index contributed by atoms with van der Waals surface area (Å²) in [4.78, 5) is 13.4. The average Bonchev–Trinajstić information content (AvgIpc) is 3.03. The highest BCUT2D eigenvalue weighted by molar-refractivity contribution is 9.10. The van der Waals surface area contributed by atoms with E-state index in [1.165, 1.54) is 30.5 Å². The van der Waals surface area contributed by atoms with Gasteiger partial charge in [0.15, 0.2) is 10.4 Å². The fraction of sp³-hybridized carbons (Fsp3) is 0.571. The average molecular weight is 368 g/mol. The van der Waals surface area contributed by atoms with Gasteiger partial charge in [-0.1, -0.05) is 25.7 Å². The number of furan rings is 1. The summed E-state index contributed by atoms with van der Waals surface area (Å²) < 4.78 is 5.96. The van der Waals surface area contributed by atoms with Gasteiger partial charge in [0.25, 0.3) is 0 Å². The van der Waals surface area contributed by atoms with Crippen LogP contribution < -0.4 is 5.32 Å². The van der Waals surface area contributed by atoms with E-state index in [9.17, 15) is 4.79 Å². The van der Waals surface area contributed by atoms with Crippen LogP contribution in [0.15, 0.2) is 21.2 Å². The van der Waals surface area contributed by atoms with E-state index >= 15 is 0 Å². The maximum absolute atomic E-state index is 12.1. The van der Waals surface area contributed by atoms with Crippen molar-refractivity contribution in [2.75, 3.05) is 0 Å². The first kappa shape index (κ1) is 15.2. The number of nitrogens with zero attached hydrogens (tertiary/aromatic N) is 4. The van der Waals surface area contributed by atoms with E-state index in [4.69, 9.17) is 4.42 Å². The van der Waals surface area contributed by atoms with Crippen molar-refractivity contribution in [1.82, 2.24) is 25.5 Å². The first-order valence-corrected chi connectivity index (χ1v) is 8.33. The molecule has 0 aromatic carbocycles. The predicted molar refractivity (Wildman–Crippen MR) is 82.9 cm³/mol. The molecule has 2 aromatic heterocycles. The summed E-state index contributed by atoms with van der Waals surface area (Å²) >= 11 is 3.22. The highest BCUT2D eigenvalue weighted by Gasteiger charge is 2.16. The molecule has 1 saturated carbocycles. The van der Waals surface area contributed by atoms with Crippen LogP contribution in [0.25, 0.3) is 11.6 Å². The Morgan fingerprint density at radius 1 is 1.32 bits per heavy atom. The fourth-order valence-electron chi connectivity index (χ4n) is 2.67. The van der Waals surface area contributed by atoms with E-state index in [0.717, 1.165) is 12.8 Å². The molecule has 22 heavy (non-hydrogen) atoms. The number of amides is 1. The topological polar surface area (TPSA) is 85.8 Å². The van der Waals surface area contributed by atoms with E-state index in [2.05, 4.69) is 36.7 Å². The molecule has 1 N–H and O–H groups in total. The lowest BCUT2D eigenvalue weighted by molar-refractivity contribution is -0.122. The zero-order valence-electron chi connectivity index (χ0n) is 12.2. The zero-order chi connectivity index (χ0) is 15.4. The van der Waals surface area contributed by atoms with Crippen molar-refractivity contribution in [3.8, 4) is 11.6 Å². The van der Waals surface area contributed by atoms with Crippen LogP contribution in [0.2, 0.25) is 0 Å². The molecule has 118 valence electrons. The molecule has 0 aliphatic heterocycles. The summed E-state index contributed by atoms with van der Waals surface area (Å²) in [5, 5.41) is 15.0. The highest BCUT2D eigenvalue weighted by Crippen LogP contribution is 2.21. The summed E-state index contributed by atoms with van der Waals surface area (Å²) in [5.41, 5.74) is 0. The summed E-state index contributed by atoms with van der Waals surface area (Å²) in [7, 11) is 0. The van der Waals surface area contributed by atoms with Gasteiger partial charge >= 0.3 is 0 Å². The summed E-state index contributed by atoms with van der Waals surface area (Å²) in [6, 6.07) is 3.78. The summed E-state index contributed by atoms with van der Waals surface area (Å²) in [5.74, 6) is 0.812. The molecule has 0 unspecified atom stereocenters. The molecule has 2 heterocycles. The molecule has 1 aliphatic rings. The molecule has 1 fully saturated rings. The summed E-state index contributed by atoms with van der Waals surface area (Å²) in [6.45, 7) is 0.0748. The SMILES string of the molecule is O=C(Cn1nnc(-c2ccc(Br)o2)n1)NC1CCCCCC1. The van der Waals surface area contributed by atoms with Gasteiger partial charge in [0.05, 0.1) is 0 Å². The smallest absolute Gasteiger partial charge is 0.243 e. The minimum absolute atomic E-state index is 0.0727. The van der Waals surface area contributed by atoms with Crippen LogP contribution in [0.5, 0.6) is 0 Å². The monoisotopic (exact) mass is 367 g/mol. The minimum Gasteiger partial charge on any atom is -0.446 e. The number of halogens is 1. The predicted octanol–water partition coefficient (Wildman–Crippen LogP) is 2.53. The quantitative estimate of drug-likeness (QED) is 0.839. The van der Waals surface area contributed by atoms with Crippen molar-refractivity contribution in [2.24, 2.45) is 0 Å². The highest BCUT2D eigenvalue weighted by atomic mass is 79.9. The van der Waals surface area contributed by atoms with Gasteiger partial charge in [0.2, 0.25) is 11.7 Å². The third-order valence-corrected chi connectivity index (χ3v) is 4.18. The number of hydrogen-bond acceptors (Lipinski definition) is 5. The first-order chi connectivity index (χ1) is 10.7. The normalized spacial score (nSPS) is 16.4. The molecule has 0 saturated heterocycles. The van der Waals surface area contributed by atoms with Gasteiger partial charge in [0, 0.05) is 6.04 Å². The van der Waals surface area contributed by atoms with Crippen molar-refractivity contribution >= 4 is 21.8 Å². The van der Waals surface area contributed by atoms with Crippen LogP contribution in [0, 0.1) is 0 Å². The maximum atomic E-state index is 12.1. The van der Waals surface area contributed by atoms with E-state index in [0.29, 0.717) is 16.3 Å². The lowest BCUT2D eigenvalue weighted by Crippen LogP contribution is -2.37. The lowest BCUT2D eigenvalue weighted by Gasteiger charge is -2.15. The minimum atomic E-state index is -0.0727. The van der Waals surface area contributed by atoms with Crippen molar-refractivity contribution in [2.45, 2.75) is 51.1 Å². The molecule has 7 nitrogen and oxygen atoms in total. The van der Waals surface area contributed by atoms with Crippen LogP contribution in [-0.2, 0) is 11.3 Å². The second-order valence-electron chi connectivity index (χ2n) is 5.50. The number of carbonyl (C=O) groups is 1. The van der Waals surface area contributed by atoms with E-state index in [1.807, 2.05) is 0 Å². The van der Waals surface area contributed by atoms with Crippen LogP contribution in [-0.4, -0.2) is 32.2 Å². The second-order valence-corrected chi connectivity index (χ2v) is 6.28. The van der Waals surface area contributed by atoms with Crippen LogP contribution in [0.4, 0.5) is 0 Å².